The lowest BCUT2D eigenvalue weighted by Crippen LogP contribution is -2.23. The first-order valence-corrected chi connectivity index (χ1v) is 7.68. The second-order valence-corrected chi connectivity index (χ2v) is 5.39. The van der Waals surface area contributed by atoms with Gasteiger partial charge < -0.3 is 4.74 Å². The summed E-state index contributed by atoms with van der Waals surface area (Å²) in [5.74, 6) is 0.650. The summed E-state index contributed by atoms with van der Waals surface area (Å²) in [4.78, 5) is 1.16. The quantitative estimate of drug-likeness (QED) is 0.860. The van der Waals surface area contributed by atoms with Crippen molar-refractivity contribution in [2.45, 2.75) is 11.5 Å². The highest BCUT2D eigenvalue weighted by atomic mass is 32.2. The van der Waals surface area contributed by atoms with Crippen molar-refractivity contribution in [2.75, 3.05) is 25.0 Å². The minimum Gasteiger partial charge on any atom is -0.473 e. The van der Waals surface area contributed by atoms with Crippen molar-refractivity contribution in [1.82, 2.24) is 15.2 Å². The third-order valence-corrected chi connectivity index (χ3v) is 3.92. The van der Waals surface area contributed by atoms with Crippen LogP contribution in [0.15, 0.2) is 45.8 Å². The number of aromatic amines is 1. The monoisotopic (exact) mass is 304 g/mol. The number of benzene rings is 1. The van der Waals surface area contributed by atoms with E-state index in [0.29, 0.717) is 19.2 Å². The molecule has 0 saturated heterocycles. The highest BCUT2D eigenvalue weighted by molar-refractivity contribution is 7.98. The summed E-state index contributed by atoms with van der Waals surface area (Å²) in [6.45, 7) is 1.08. The fourth-order valence-electron chi connectivity index (χ4n) is 2.10. The maximum Gasteiger partial charge on any atom is 0.209 e. The Morgan fingerprint density at radius 2 is 2.24 bits per heavy atom. The third-order valence-electron chi connectivity index (χ3n) is 3.09. The maximum atomic E-state index is 5.76. The van der Waals surface area contributed by atoms with E-state index in [1.807, 2.05) is 24.2 Å². The largest absolute Gasteiger partial charge is 0.473 e. The van der Waals surface area contributed by atoms with Crippen molar-refractivity contribution in [3.63, 3.8) is 0 Å². The zero-order chi connectivity index (χ0) is 14.7. The van der Waals surface area contributed by atoms with Gasteiger partial charge in [0.25, 0.3) is 0 Å². The van der Waals surface area contributed by atoms with E-state index in [4.69, 9.17) is 4.74 Å². The number of nitrogens with one attached hydrogen (secondary N) is 1. The SMILES string of the molecule is CSc1cccc(N2CN(C)N=N2)c1COc1ccn[nH]1. The van der Waals surface area contributed by atoms with E-state index >= 15 is 0 Å². The second kappa shape index (κ2) is 6.04. The topological polar surface area (TPSA) is 69.1 Å². The van der Waals surface area contributed by atoms with E-state index < -0.39 is 0 Å². The lowest BCUT2D eigenvalue weighted by Gasteiger charge is -2.19. The van der Waals surface area contributed by atoms with Gasteiger partial charge in [-0.25, -0.2) is 10.1 Å². The van der Waals surface area contributed by atoms with Gasteiger partial charge in [-0.1, -0.05) is 11.3 Å². The van der Waals surface area contributed by atoms with Gasteiger partial charge in [0, 0.05) is 23.6 Å². The van der Waals surface area contributed by atoms with Crippen LogP contribution in [0.3, 0.4) is 0 Å². The van der Waals surface area contributed by atoms with Gasteiger partial charge >= 0.3 is 0 Å². The van der Waals surface area contributed by atoms with Gasteiger partial charge in [0.1, 0.15) is 13.3 Å². The molecule has 1 N–H and O–H groups in total. The number of anilines is 1. The summed E-state index contributed by atoms with van der Waals surface area (Å²) in [6.07, 6.45) is 3.72. The second-order valence-electron chi connectivity index (χ2n) is 4.55. The summed E-state index contributed by atoms with van der Waals surface area (Å²) in [6, 6.07) is 7.93. The van der Waals surface area contributed by atoms with Gasteiger partial charge in [-0.3, -0.25) is 5.01 Å². The molecule has 1 aromatic carbocycles. The molecule has 0 amide bonds. The Balaban J connectivity index is 1.87. The van der Waals surface area contributed by atoms with Crippen LogP contribution in [-0.2, 0) is 6.61 Å². The van der Waals surface area contributed by atoms with E-state index in [9.17, 15) is 0 Å². The number of hydrogen-bond donors (Lipinski definition) is 1. The van der Waals surface area contributed by atoms with Gasteiger partial charge in [0.05, 0.1) is 11.9 Å². The third kappa shape index (κ3) is 2.94. The number of aromatic nitrogens is 2. The predicted molar refractivity (Wildman–Crippen MR) is 81.1 cm³/mol. The Morgan fingerprint density at radius 1 is 1.33 bits per heavy atom. The Morgan fingerprint density at radius 3 is 2.90 bits per heavy atom. The van der Waals surface area contributed by atoms with Gasteiger partial charge in [-0.05, 0) is 23.6 Å². The lowest BCUT2D eigenvalue weighted by atomic mass is 10.2. The Hall–Kier alpha value is -2.22. The van der Waals surface area contributed by atoms with Gasteiger partial charge in [-0.15, -0.1) is 11.8 Å². The van der Waals surface area contributed by atoms with Crippen LogP contribution in [0.2, 0.25) is 0 Å². The molecular formula is C13H16N6OS. The molecule has 21 heavy (non-hydrogen) atoms. The van der Waals surface area contributed by atoms with Gasteiger partial charge in [-0.2, -0.15) is 5.10 Å². The van der Waals surface area contributed by atoms with Crippen LogP contribution in [0.4, 0.5) is 5.69 Å². The van der Waals surface area contributed by atoms with Crippen molar-refractivity contribution in [1.29, 1.82) is 0 Å². The van der Waals surface area contributed by atoms with Crippen LogP contribution in [0.25, 0.3) is 0 Å². The highest BCUT2D eigenvalue weighted by Crippen LogP contribution is 2.32. The molecule has 2 aromatic rings. The summed E-state index contributed by atoms with van der Waals surface area (Å²) < 4.78 is 5.76. The number of hydrogen-bond acceptors (Lipinski definition) is 7. The Kier molecular flexibility index (Phi) is 3.96. The Labute approximate surface area is 126 Å². The maximum absolute atomic E-state index is 5.76. The van der Waals surface area contributed by atoms with Crippen LogP contribution in [0.5, 0.6) is 5.88 Å². The van der Waals surface area contributed by atoms with Crippen LogP contribution >= 0.6 is 11.8 Å². The van der Waals surface area contributed by atoms with Crippen LogP contribution in [-0.4, -0.2) is 35.2 Å². The zero-order valence-electron chi connectivity index (χ0n) is 11.9. The van der Waals surface area contributed by atoms with Gasteiger partial charge in [0.2, 0.25) is 5.88 Å². The Bertz CT molecular complexity index is 630. The van der Waals surface area contributed by atoms with Crippen molar-refractivity contribution in [3.8, 4) is 5.88 Å². The van der Waals surface area contributed by atoms with Crippen molar-refractivity contribution in [2.24, 2.45) is 10.4 Å². The van der Waals surface area contributed by atoms with E-state index in [1.165, 1.54) is 0 Å². The minimum absolute atomic E-state index is 0.449. The molecule has 0 atom stereocenters. The summed E-state index contributed by atoms with van der Waals surface area (Å²) in [5, 5.41) is 18.5. The van der Waals surface area contributed by atoms with Crippen LogP contribution in [0, 0.1) is 0 Å². The fourth-order valence-corrected chi connectivity index (χ4v) is 2.72. The average molecular weight is 304 g/mol. The first kappa shape index (κ1) is 13.7. The molecule has 1 aromatic heterocycles. The normalized spacial score (nSPS) is 14.0. The smallest absolute Gasteiger partial charge is 0.209 e. The molecule has 2 heterocycles. The van der Waals surface area contributed by atoms with E-state index in [-0.39, 0.29) is 0 Å². The number of H-pyrrole nitrogens is 1. The molecular weight excluding hydrogens is 288 g/mol. The van der Waals surface area contributed by atoms with Gasteiger partial charge in [0.15, 0.2) is 0 Å². The fraction of sp³-hybridized carbons (Fsp3) is 0.308. The molecule has 0 bridgehead atoms. The van der Waals surface area contributed by atoms with E-state index in [1.54, 1.807) is 29.0 Å². The predicted octanol–water partition coefficient (Wildman–Crippen LogP) is 2.70. The first-order valence-electron chi connectivity index (χ1n) is 6.46. The van der Waals surface area contributed by atoms with E-state index in [0.717, 1.165) is 16.1 Å². The molecule has 0 unspecified atom stereocenters. The molecule has 8 heteroatoms. The van der Waals surface area contributed by atoms with Crippen LogP contribution < -0.4 is 9.75 Å². The molecule has 3 rings (SSSR count). The number of ether oxygens (including phenoxy) is 1. The van der Waals surface area contributed by atoms with Crippen molar-refractivity contribution >= 4 is 17.4 Å². The average Bonchev–Trinajstić information content (AvgIpc) is 3.16. The number of rotatable bonds is 5. The standard InChI is InChI=1S/C13H16N6OS/c1-18-9-19(17-16-18)11-4-3-5-12(21-2)10(11)8-20-13-6-7-14-15-13/h3-7H,8-9H2,1-2H3,(H,14,15). The van der Waals surface area contributed by atoms with Crippen molar-refractivity contribution in [3.05, 3.63) is 36.0 Å². The minimum atomic E-state index is 0.449. The number of nitrogens with zero attached hydrogens (tertiary/aromatic N) is 5. The van der Waals surface area contributed by atoms with E-state index in [2.05, 4.69) is 33.0 Å². The molecule has 0 aliphatic carbocycles. The van der Waals surface area contributed by atoms with Crippen LogP contribution in [0.1, 0.15) is 5.56 Å². The molecule has 0 spiro atoms. The molecule has 0 fully saturated rings. The van der Waals surface area contributed by atoms with Crippen molar-refractivity contribution < 1.29 is 4.74 Å². The molecule has 1 aliphatic heterocycles. The molecule has 7 nitrogen and oxygen atoms in total. The summed E-state index contributed by atoms with van der Waals surface area (Å²) >= 11 is 1.69. The number of thioether (sulfide) groups is 1. The first-order chi connectivity index (χ1) is 10.3. The highest BCUT2D eigenvalue weighted by Gasteiger charge is 2.19. The summed E-state index contributed by atoms with van der Waals surface area (Å²) in [7, 11) is 1.89. The lowest BCUT2D eigenvalue weighted by molar-refractivity contribution is 0.290. The summed E-state index contributed by atoms with van der Waals surface area (Å²) in [5.41, 5.74) is 2.10. The molecule has 0 saturated carbocycles. The molecule has 0 radical (unpaired) electrons. The molecule has 110 valence electrons. The zero-order valence-corrected chi connectivity index (χ0v) is 12.7. The molecule has 1 aliphatic rings.